The highest BCUT2D eigenvalue weighted by Crippen LogP contribution is 2.26. The molecule has 0 aliphatic rings. The molecule has 10 nitrogen and oxygen atoms in total. The van der Waals surface area contributed by atoms with Crippen LogP contribution < -0.4 is 16.6 Å². The second-order valence-electron chi connectivity index (χ2n) is 7.87. The lowest BCUT2D eigenvalue weighted by molar-refractivity contribution is 0.102. The number of rotatable bonds is 5. The van der Waals surface area contributed by atoms with E-state index in [-0.39, 0.29) is 29.5 Å². The number of nitriles is 1. The summed E-state index contributed by atoms with van der Waals surface area (Å²) in [6.45, 7) is 0.245. The van der Waals surface area contributed by atoms with Crippen molar-refractivity contribution < 1.29 is 9.18 Å². The summed E-state index contributed by atoms with van der Waals surface area (Å²) in [7, 11) is 0. The summed E-state index contributed by atoms with van der Waals surface area (Å²) in [4.78, 5) is 34.1. The van der Waals surface area contributed by atoms with Crippen LogP contribution in [0.4, 0.5) is 15.9 Å². The number of nitrogen functional groups attached to an aromatic ring is 1. The van der Waals surface area contributed by atoms with E-state index < -0.39 is 11.5 Å². The van der Waals surface area contributed by atoms with Crippen LogP contribution in [0.3, 0.4) is 0 Å². The number of pyridine rings is 1. The normalized spacial score (nSPS) is 10.8. The standard InChI is InChI=1S/C25H17FN8O2/c26-18-5-1-15(2-6-18)12-33-13-21(24(36)34-25(33)30-14-31-34)23(35)32-19-7-3-17(4-8-19)20-9-16(10-27)11-29-22(20)28/h1-9,11,13-14H,12H2,(H2,28,29)(H,32,35). The maximum absolute atomic E-state index is 13.3. The number of carbonyl (C=O) groups is 1. The first kappa shape index (κ1) is 22.4. The molecule has 1 amide bonds. The van der Waals surface area contributed by atoms with E-state index in [1.807, 2.05) is 6.07 Å². The van der Waals surface area contributed by atoms with Gasteiger partial charge in [-0.1, -0.05) is 24.3 Å². The van der Waals surface area contributed by atoms with E-state index in [2.05, 4.69) is 20.4 Å². The summed E-state index contributed by atoms with van der Waals surface area (Å²) in [6.07, 6.45) is 4.02. The lowest BCUT2D eigenvalue weighted by Gasteiger charge is -2.11. The molecule has 11 heteroatoms. The second kappa shape index (κ2) is 9.11. The summed E-state index contributed by atoms with van der Waals surface area (Å²) in [5.41, 5.74) is 8.03. The number of halogens is 1. The van der Waals surface area contributed by atoms with Crippen LogP contribution in [0, 0.1) is 17.1 Å². The van der Waals surface area contributed by atoms with E-state index in [0.29, 0.717) is 22.4 Å². The highest BCUT2D eigenvalue weighted by atomic mass is 19.1. The number of anilines is 2. The Kier molecular flexibility index (Phi) is 5.68. The molecule has 3 N–H and O–H groups in total. The van der Waals surface area contributed by atoms with E-state index in [0.717, 1.165) is 10.1 Å². The van der Waals surface area contributed by atoms with Gasteiger partial charge in [0, 0.05) is 23.6 Å². The van der Waals surface area contributed by atoms with Gasteiger partial charge in [0.1, 0.15) is 29.6 Å². The molecule has 0 aliphatic carbocycles. The fourth-order valence-electron chi connectivity index (χ4n) is 3.72. The molecule has 2 aromatic carbocycles. The van der Waals surface area contributed by atoms with Crippen molar-refractivity contribution >= 4 is 23.2 Å². The predicted molar refractivity (Wildman–Crippen MR) is 130 cm³/mol. The van der Waals surface area contributed by atoms with Crippen molar-refractivity contribution in [3.8, 4) is 17.2 Å². The zero-order chi connectivity index (χ0) is 25.2. The number of aromatic nitrogens is 5. The molecule has 0 aliphatic heterocycles. The van der Waals surface area contributed by atoms with Crippen LogP contribution in [0.1, 0.15) is 21.5 Å². The number of carbonyl (C=O) groups excluding carboxylic acids is 1. The maximum atomic E-state index is 13.3. The van der Waals surface area contributed by atoms with Gasteiger partial charge in [0.15, 0.2) is 0 Å². The summed E-state index contributed by atoms with van der Waals surface area (Å²) >= 11 is 0. The van der Waals surface area contributed by atoms with E-state index in [1.165, 1.54) is 30.9 Å². The van der Waals surface area contributed by atoms with Gasteiger partial charge in [-0.3, -0.25) is 9.59 Å². The smallest absolute Gasteiger partial charge is 0.288 e. The van der Waals surface area contributed by atoms with Crippen LogP contribution in [-0.2, 0) is 6.54 Å². The van der Waals surface area contributed by atoms with Crippen LogP contribution >= 0.6 is 0 Å². The maximum Gasteiger partial charge on any atom is 0.288 e. The molecule has 0 spiro atoms. The van der Waals surface area contributed by atoms with E-state index in [1.54, 1.807) is 47.0 Å². The molecule has 176 valence electrons. The zero-order valence-electron chi connectivity index (χ0n) is 18.6. The lowest BCUT2D eigenvalue weighted by Crippen LogP contribution is -2.29. The predicted octanol–water partition coefficient (Wildman–Crippen LogP) is 2.85. The average Bonchev–Trinajstić information content (AvgIpc) is 3.39. The molecule has 0 radical (unpaired) electrons. The molecule has 0 bridgehead atoms. The Morgan fingerprint density at radius 1 is 1.11 bits per heavy atom. The van der Waals surface area contributed by atoms with Gasteiger partial charge in [0.05, 0.1) is 12.1 Å². The topological polar surface area (TPSA) is 144 Å². The van der Waals surface area contributed by atoms with Crippen molar-refractivity contribution in [2.24, 2.45) is 0 Å². The Bertz CT molecular complexity index is 1700. The van der Waals surface area contributed by atoms with E-state index in [9.17, 15) is 14.0 Å². The third-order valence-corrected chi connectivity index (χ3v) is 5.51. The summed E-state index contributed by atoms with van der Waals surface area (Å²) in [5.74, 6) is -0.482. The zero-order valence-corrected chi connectivity index (χ0v) is 18.6. The summed E-state index contributed by atoms with van der Waals surface area (Å²) < 4.78 is 15.9. The van der Waals surface area contributed by atoms with Crippen molar-refractivity contribution in [3.63, 3.8) is 0 Å². The van der Waals surface area contributed by atoms with Crippen LogP contribution in [-0.4, -0.2) is 30.1 Å². The van der Waals surface area contributed by atoms with Gasteiger partial charge in [0.2, 0.25) is 5.78 Å². The number of nitrogens with two attached hydrogens (primary N) is 1. The van der Waals surface area contributed by atoms with Gasteiger partial charge < -0.3 is 15.6 Å². The fourth-order valence-corrected chi connectivity index (χ4v) is 3.72. The molecule has 36 heavy (non-hydrogen) atoms. The molecular formula is C25H17FN8O2. The monoisotopic (exact) mass is 480 g/mol. The Morgan fingerprint density at radius 3 is 2.58 bits per heavy atom. The third kappa shape index (κ3) is 4.26. The third-order valence-electron chi connectivity index (χ3n) is 5.51. The molecule has 5 rings (SSSR count). The average molecular weight is 480 g/mol. The number of amides is 1. The fraction of sp³-hybridized carbons (Fsp3) is 0.0400. The Balaban J connectivity index is 1.43. The number of hydrogen-bond donors (Lipinski definition) is 2. The van der Waals surface area contributed by atoms with Crippen molar-refractivity contribution in [2.75, 3.05) is 11.1 Å². The van der Waals surface area contributed by atoms with Crippen LogP contribution in [0.5, 0.6) is 0 Å². The molecular weight excluding hydrogens is 463 g/mol. The summed E-state index contributed by atoms with van der Waals surface area (Å²) in [6, 6.07) is 16.3. The molecule has 5 aromatic rings. The number of hydrogen-bond acceptors (Lipinski definition) is 7. The quantitative estimate of drug-likeness (QED) is 0.394. The molecule has 0 atom stereocenters. The minimum atomic E-state index is -0.634. The SMILES string of the molecule is N#Cc1cnc(N)c(-c2ccc(NC(=O)c3cn(Cc4ccc(F)cc4)c4ncnn4c3=O)cc2)c1. The highest BCUT2D eigenvalue weighted by molar-refractivity contribution is 6.04. The van der Waals surface area contributed by atoms with E-state index in [4.69, 9.17) is 11.0 Å². The van der Waals surface area contributed by atoms with E-state index >= 15 is 0 Å². The summed E-state index contributed by atoms with van der Waals surface area (Å²) in [5, 5.41) is 15.8. The van der Waals surface area contributed by atoms with Gasteiger partial charge in [-0.25, -0.2) is 9.37 Å². The molecule has 0 saturated carbocycles. The first-order valence-corrected chi connectivity index (χ1v) is 10.7. The lowest BCUT2D eigenvalue weighted by atomic mass is 10.0. The molecule has 3 heterocycles. The number of fused-ring (bicyclic) bond motifs is 1. The van der Waals surface area contributed by atoms with Gasteiger partial charge in [-0.15, -0.1) is 0 Å². The molecule has 3 aromatic heterocycles. The van der Waals surface area contributed by atoms with Crippen LogP contribution in [0.2, 0.25) is 0 Å². The van der Waals surface area contributed by atoms with Crippen molar-refractivity contribution in [1.82, 2.24) is 24.1 Å². The number of benzene rings is 2. The Hall–Kier alpha value is -5.37. The van der Waals surface area contributed by atoms with Crippen molar-refractivity contribution in [2.45, 2.75) is 6.54 Å². The Morgan fingerprint density at radius 2 is 1.86 bits per heavy atom. The minimum Gasteiger partial charge on any atom is -0.383 e. The molecule has 0 unspecified atom stereocenters. The largest absolute Gasteiger partial charge is 0.383 e. The second-order valence-corrected chi connectivity index (χ2v) is 7.87. The van der Waals surface area contributed by atoms with Crippen molar-refractivity contribution in [3.05, 3.63) is 106 Å². The van der Waals surface area contributed by atoms with Gasteiger partial charge in [-0.2, -0.15) is 19.9 Å². The van der Waals surface area contributed by atoms with Gasteiger partial charge in [0.25, 0.3) is 11.5 Å². The highest BCUT2D eigenvalue weighted by Gasteiger charge is 2.18. The van der Waals surface area contributed by atoms with Gasteiger partial charge in [-0.05, 0) is 41.5 Å². The van der Waals surface area contributed by atoms with Crippen molar-refractivity contribution in [1.29, 1.82) is 5.26 Å². The van der Waals surface area contributed by atoms with Crippen LogP contribution in [0.15, 0.2) is 78.1 Å². The minimum absolute atomic E-state index is 0.144. The first-order chi connectivity index (χ1) is 17.4. The van der Waals surface area contributed by atoms with Gasteiger partial charge >= 0.3 is 0 Å². The van der Waals surface area contributed by atoms with Crippen LogP contribution in [0.25, 0.3) is 16.9 Å². The number of nitrogens with one attached hydrogen (secondary N) is 1. The molecule has 0 saturated heterocycles. The Labute approximate surface area is 203 Å². The molecule has 0 fully saturated rings. The number of nitrogens with zero attached hydrogens (tertiary/aromatic N) is 6. The first-order valence-electron chi connectivity index (χ1n) is 10.7.